The van der Waals surface area contributed by atoms with Crippen molar-refractivity contribution in [2.75, 3.05) is 6.54 Å². The maximum atomic E-state index is 10.8. The number of rotatable bonds is 4. The molecule has 0 spiro atoms. The van der Waals surface area contributed by atoms with Crippen LogP contribution in [-0.2, 0) is 13.0 Å². The molecule has 3 rings (SSSR count). The molecule has 20 heavy (non-hydrogen) atoms. The highest BCUT2D eigenvalue weighted by molar-refractivity contribution is 5.34. The maximum absolute atomic E-state index is 10.8. The molecule has 0 saturated carbocycles. The zero-order valence-corrected chi connectivity index (χ0v) is 11.8. The van der Waals surface area contributed by atoms with Crippen LogP contribution in [0.15, 0.2) is 36.5 Å². The van der Waals surface area contributed by atoms with Gasteiger partial charge in [-0.1, -0.05) is 31.2 Å². The molecule has 1 aliphatic rings. The van der Waals surface area contributed by atoms with Crippen molar-refractivity contribution in [1.82, 2.24) is 15.1 Å². The predicted octanol–water partition coefficient (Wildman–Crippen LogP) is 2.21. The van der Waals surface area contributed by atoms with Gasteiger partial charge in [0.1, 0.15) is 6.10 Å². The summed E-state index contributed by atoms with van der Waals surface area (Å²) in [7, 11) is 0. The van der Waals surface area contributed by atoms with Crippen molar-refractivity contribution >= 4 is 0 Å². The highest BCUT2D eigenvalue weighted by Gasteiger charge is 2.28. The Bertz CT molecular complexity index is 579. The number of aliphatic hydroxyl groups excluding tert-OH is 1. The van der Waals surface area contributed by atoms with Crippen LogP contribution in [0.25, 0.3) is 0 Å². The molecule has 0 fully saturated rings. The number of nitrogens with one attached hydrogen (secondary N) is 1. The van der Waals surface area contributed by atoms with Gasteiger partial charge in [-0.05, 0) is 36.6 Å². The van der Waals surface area contributed by atoms with Crippen LogP contribution in [0.2, 0.25) is 0 Å². The standard InChI is InChI=1S/C16H21N3O/c1-2-11-19-14(8-10-18-19)16(20)15-13-6-4-3-5-12(13)7-9-17-15/h3-6,8,10,15-17,20H,2,7,9,11H2,1H3. The van der Waals surface area contributed by atoms with Gasteiger partial charge in [0, 0.05) is 12.7 Å². The first-order chi connectivity index (χ1) is 9.81. The van der Waals surface area contributed by atoms with Gasteiger partial charge in [-0.2, -0.15) is 5.10 Å². The summed E-state index contributed by atoms with van der Waals surface area (Å²) < 4.78 is 1.91. The summed E-state index contributed by atoms with van der Waals surface area (Å²) >= 11 is 0. The molecule has 0 radical (unpaired) electrons. The summed E-state index contributed by atoms with van der Waals surface area (Å²) in [4.78, 5) is 0. The monoisotopic (exact) mass is 271 g/mol. The number of aliphatic hydroxyl groups is 1. The predicted molar refractivity (Wildman–Crippen MR) is 78.4 cm³/mol. The van der Waals surface area contributed by atoms with Crippen molar-refractivity contribution in [3.63, 3.8) is 0 Å². The molecule has 2 atom stereocenters. The Morgan fingerprint density at radius 2 is 2.25 bits per heavy atom. The number of hydrogen-bond acceptors (Lipinski definition) is 3. The van der Waals surface area contributed by atoms with Crippen LogP contribution < -0.4 is 5.32 Å². The van der Waals surface area contributed by atoms with Gasteiger partial charge in [-0.3, -0.25) is 4.68 Å². The number of fused-ring (bicyclic) bond motifs is 1. The van der Waals surface area contributed by atoms with Crippen LogP contribution in [-0.4, -0.2) is 21.4 Å². The SMILES string of the molecule is CCCn1nccc1C(O)C1NCCc2ccccc21. The van der Waals surface area contributed by atoms with Gasteiger partial charge in [0.2, 0.25) is 0 Å². The van der Waals surface area contributed by atoms with E-state index >= 15 is 0 Å². The van der Waals surface area contributed by atoms with Crippen LogP contribution in [0.3, 0.4) is 0 Å². The van der Waals surface area contributed by atoms with Crippen molar-refractivity contribution in [2.45, 2.75) is 38.5 Å². The Kier molecular flexibility index (Phi) is 3.85. The van der Waals surface area contributed by atoms with E-state index in [1.807, 2.05) is 16.8 Å². The minimum atomic E-state index is -0.564. The van der Waals surface area contributed by atoms with E-state index in [0.29, 0.717) is 0 Å². The lowest BCUT2D eigenvalue weighted by Crippen LogP contribution is -2.34. The van der Waals surface area contributed by atoms with E-state index in [0.717, 1.165) is 31.6 Å². The smallest absolute Gasteiger partial charge is 0.115 e. The second-order valence-electron chi connectivity index (χ2n) is 5.30. The Morgan fingerprint density at radius 1 is 1.40 bits per heavy atom. The molecule has 2 N–H and O–H groups in total. The first-order valence-corrected chi connectivity index (χ1v) is 7.32. The highest BCUT2D eigenvalue weighted by atomic mass is 16.3. The number of aryl methyl sites for hydroxylation is 1. The minimum Gasteiger partial charge on any atom is -0.385 e. The molecule has 1 aliphatic heterocycles. The summed E-state index contributed by atoms with van der Waals surface area (Å²) in [6.45, 7) is 3.86. The molecule has 0 bridgehead atoms. The largest absolute Gasteiger partial charge is 0.385 e. The van der Waals surface area contributed by atoms with Gasteiger partial charge < -0.3 is 10.4 Å². The summed E-state index contributed by atoms with van der Waals surface area (Å²) in [5, 5.41) is 18.5. The van der Waals surface area contributed by atoms with Gasteiger partial charge in [0.25, 0.3) is 0 Å². The van der Waals surface area contributed by atoms with Gasteiger partial charge in [-0.25, -0.2) is 0 Å². The molecule has 2 aromatic rings. The Hall–Kier alpha value is -1.65. The van der Waals surface area contributed by atoms with Gasteiger partial charge in [-0.15, -0.1) is 0 Å². The van der Waals surface area contributed by atoms with E-state index in [9.17, 15) is 5.11 Å². The van der Waals surface area contributed by atoms with E-state index in [1.165, 1.54) is 11.1 Å². The number of hydrogen-bond donors (Lipinski definition) is 2. The topological polar surface area (TPSA) is 50.1 Å². The molecule has 1 aromatic heterocycles. The maximum Gasteiger partial charge on any atom is 0.115 e. The van der Waals surface area contributed by atoms with E-state index in [2.05, 4.69) is 35.5 Å². The fourth-order valence-electron chi connectivity index (χ4n) is 2.98. The minimum absolute atomic E-state index is 0.0488. The first-order valence-electron chi connectivity index (χ1n) is 7.32. The third kappa shape index (κ3) is 2.37. The van der Waals surface area contributed by atoms with Crippen LogP contribution in [0.5, 0.6) is 0 Å². The molecule has 4 nitrogen and oxygen atoms in total. The average molecular weight is 271 g/mol. The van der Waals surface area contributed by atoms with Crippen LogP contribution >= 0.6 is 0 Å². The van der Waals surface area contributed by atoms with Gasteiger partial charge in [0.15, 0.2) is 0 Å². The van der Waals surface area contributed by atoms with Crippen LogP contribution in [0.1, 0.15) is 42.3 Å². The Labute approximate surface area is 119 Å². The van der Waals surface area contributed by atoms with E-state index in [4.69, 9.17) is 0 Å². The molecule has 0 aliphatic carbocycles. The summed E-state index contributed by atoms with van der Waals surface area (Å²) in [6.07, 6.45) is 3.23. The zero-order chi connectivity index (χ0) is 13.9. The van der Waals surface area contributed by atoms with Crippen molar-refractivity contribution in [2.24, 2.45) is 0 Å². The quantitative estimate of drug-likeness (QED) is 0.896. The molecule has 0 amide bonds. The second kappa shape index (κ2) is 5.77. The summed E-state index contributed by atoms with van der Waals surface area (Å²) in [6, 6.07) is 10.2. The molecule has 2 heterocycles. The van der Waals surface area contributed by atoms with E-state index in [-0.39, 0.29) is 6.04 Å². The third-order valence-electron chi connectivity index (χ3n) is 3.95. The van der Waals surface area contributed by atoms with Crippen molar-refractivity contribution in [1.29, 1.82) is 0 Å². The van der Waals surface area contributed by atoms with Crippen molar-refractivity contribution < 1.29 is 5.11 Å². The van der Waals surface area contributed by atoms with Crippen LogP contribution in [0.4, 0.5) is 0 Å². The molecule has 1 aromatic carbocycles. The number of nitrogens with zero attached hydrogens (tertiary/aromatic N) is 2. The fraction of sp³-hybridized carbons (Fsp3) is 0.438. The van der Waals surface area contributed by atoms with Crippen LogP contribution in [0, 0.1) is 0 Å². The summed E-state index contributed by atoms with van der Waals surface area (Å²) in [5.41, 5.74) is 3.42. The summed E-state index contributed by atoms with van der Waals surface area (Å²) in [5.74, 6) is 0. The Morgan fingerprint density at radius 3 is 3.10 bits per heavy atom. The molecule has 4 heteroatoms. The van der Waals surface area contributed by atoms with E-state index < -0.39 is 6.10 Å². The molecule has 106 valence electrons. The fourth-order valence-corrected chi connectivity index (χ4v) is 2.98. The van der Waals surface area contributed by atoms with Gasteiger partial charge in [0.05, 0.1) is 11.7 Å². The number of aromatic nitrogens is 2. The van der Waals surface area contributed by atoms with Crippen molar-refractivity contribution in [3.05, 3.63) is 53.3 Å². The lowest BCUT2D eigenvalue weighted by molar-refractivity contribution is 0.115. The third-order valence-corrected chi connectivity index (χ3v) is 3.95. The van der Waals surface area contributed by atoms with Crippen molar-refractivity contribution in [3.8, 4) is 0 Å². The number of benzene rings is 1. The zero-order valence-electron chi connectivity index (χ0n) is 11.8. The molecular weight excluding hydrogens is 250 g/mol. The molecule has 0 saturated heterocycles. The highest BCUT2D eigenvalue weighted by Crippen LogP contribution is 2.33. The van der Waals surface area contributed by atoms with Gasteiger partial charge >= 0.3 is 0 Å². The average Bonchev–Trinajstić information content (AvgIpc) is 2.94. The molecule has 2 unspecified atom stereocenters. The Balaban J connectivity index is 1.91. The second-order valence-corrected chi connectivity index (χ2v) is 5.30. The lowest BCUT2D eigenvalue weighted by Gasteiger charge is -2.30. The molecular formula is C16H21N3O. The van der Waals surface area contributed by atoms with E-state index in [1.54, 1.807) is 6.20 Å². The lowest BCUT2D eigenvalue weighted by atomic mass is 9.90. The first kappa shape index (κ1) is 13.3. The normalized spacial score (nSPS) is 19.6.